The molecule has 0 saturated carbocycles. The number of nitrogens with zero attached hydrogens (tertiary/aromatic N) is 4. The molecule has 0 aliphatic carbocycles. The largest absolute Gasteiger partial charge is 0.465 e. The molecule has 0 bridgehead atoms. The molecule has 19 heavy (non-hydrogen) atoms. The van der Waals surface area contributed by atoms with E-state index in [0.717, 1.165) is 22.5 Å². The number of carbonyl (C=O) groups is 1. The van der Waals surface area contributed by atoms with E-state index in [1.807, 2.05) is 7.05 Å². The summed E-state index contributed by atoms with van der Waals surface area (Å²) in [5.41, 5.74) is 1.09. The lowest BCUT2D eigenvalue weighted by atomic mass is 10.1. The molecule has 2 aliphatic heterocycles. The van der Waals surface area contributed by atoms with Gasteiger partial charge in [-0.25, -0.2) is 9.78 Å². The van der Waals surface area contributed by atoms with Crippen molar-refractivity contribution in [2.75, 3.05) is 43.0 Å². The topological polar surface area (TPSA) is 59.9 Å². The SMILES string of the molecule is CN1CC2CN(C(=O)O)CCN2c2ncc(Br)cc21. The summed E-state index contributed by atoms with van der Waals surface area (Å²) < 4.78 is 0.959. The van der Waals surface area contributed by atoms with Gasteiger partial charge in [0, 0.05) is 43.9 Å². The fourth-order valence-electron chi connectivity index (χ4n) is 2.80. The highest BCUT2D eigenvalue weighted by molar-refractivity contribution is 9.10. The van der Waals surface area contributed by atoms with Gasteiger partial charge in [-0.3, -0.25) is 0 Å². The first kappa shape index (κ1) is 12.5. The zero-order valence-electron chi connectivity index (χ0n) is 10.6. The van der Waals surface area contributed by atoms with Gasteiger partial charge in [0.25, 0.3) is 0 Å². The summed E-state index contributed by atoms with van der Waals surface area (Å²) >= 11 is 3.44. The Kier molecular flexibility index (Phi) is 3.00. The second-order valence-electron chi connectivity index (χ2n) is 4.95. The smallest absolute Gasteiger partial charge is 0.407 e. The number of piperazine rings is 1. The molecule has 1 saturated heterocycles. The Labute approximate surface area is 119 Å². The van der Waals surface area contributed by atoms with Gasteiger partial charge in [0.15, 0.2) is 5.82 Å². The molecular formula is C12H15BrN4O2. The average molecular weight is 327 g/mol. The van der Waals surface area contributed by atoms with Crippen LogP contribution in [-0.4, -0.2) is 60.4 Å². The quantitative estimate of drug-likeness (QED) is 0.782. The van der Waals surface area contributed by atoms with Crippen LogP contribution < -0.4 is 9.80 Å². The number of hydrogen-bond donors (Lipinski definition) is 1. The Morgan fingerprint density at radius 1 is 1.47 bits per heavy atom. The highest BCUT2D eigenvalue weighted by Crippen LogP contribution is 2.35. The van der Waals surface area contributed by atoms with Crippen molar-refractivity contribution < 1.29 is 9.90 Å². The maximum atomic E-state index is 11.1. The van der Waals surface area contributed by atoms with Crippen LogP contribution in [0, 0.1) is 0 Å². The highest BCUT2D eigenvalue weighted by Gasteiger charge is 2.36. The zero-order valence-corrected chi connectivity index (χ0v) is 12.2. The lowest BCUT2D eigenvalue weighted by molar-refractivity contribution is 0.134. The standard InChI is InChI=1S/C12H15BrN4O2/c1-15-6-9-7-16(12(18)19)2-3-17(9)11-10(15)4-8(13)5-14-11/h4-5,9H,2-3,6-7H2,1H3,(H,18,19). The summed E-state index contributed by atoms with van der Waals surface area (Å²) in [4.78, 5) is 21.4. The molecule has 1 atom stereocenters. The molecule has 2 aliphatic rings. The monoisotopic (exact) mass is 326 g/mol. The molecule has 0 radical (unpaired) electrons. The van der Waals surface area contributed by atoms with Crippen molar-refractivity contribution >= 4 is 33.5 Å². The molecule has 102 valence electrons. The number of amides is 1. The third-order valence-electron chi connectivity index (χ3n) is 3.74. The van der Waals surface area contributed by atoms with Crippen LogP contribution in [0.25, 0.3) is 0 Å². The summed E-state index contributed by atoms with van der Waals surface area (Å²) in [6, 6.07) is 2.23. The third-order valence-corrected chi connectivity index (χ3v) is 4.17. The maximum absolute atomic E-state index is 11.1. The van der Waals surface area contributed by atoms with Gasteiger partial charge in [0.05, 0.1) is 11.7 Å². The van der Waals surface area contributed by atoms with Gasteiger partial charge >= 0.3 is 6.09 Å². The van der Waals surface area contributed by atoms with Crippen molar-refractivity contribution in [3.8, 4) is 0 Å². The van der Waals surface area contributed by atoms with E-state index in [1.54, 1.807) is 6.20 Å². The Morgan fingerprint density at radius 3 is 3.00 bits per heavy atom. The van der Waals surface area contributed by atoms with Crippen molar-refractivity contribution in [3.05, 3.63) is 16.7 Å². The predicted octanol–water partition coefficient (Wildman–Crippen LogP) is 1.46. The molecule has 0 aromatic carbocycles. The van der Waals surface area contributed by atoms with Gasteiger partial charge in [-0.05, 0) is 22.0 Å². The van der Waals surface area contributed by atoms with Crippen LogP contribution in [0.15, 0.2) is 16.7 Å². The number of hydrogen-bond acceptors (Lipinski definition) is 4. The van der Waals surface area contributed by atoms with E-state index in [-0.39, 0.29) is 6.04 Å². The van der Waals surface area contributed by atoms with E-state index in [2.05, 4.69) is 36.8 Å². The second-order valence-corrected chi connectivity index (χ2v) is 5.87. The number of carboxylic acid groups (broad SMARTS) is 1. The number of fused-ring (bicyclic) bond motifs is 3. The van der Waals surface area contributed by atoms with Crippen LogP contribution in [0.2, 0.25) is 0 Å². The molecule has 1 fully saturated rings. The molecular weight excluding hydrogens is 312 g/mol. The van der Waals surface area contributed by atoms with Crippen molar-refractivity contribution in [2.24, 2.45) is 0 Å². The molecule has 0 spiro atoms. The molecule has 1 aromatic rings. The van der Waals surface area contributed by atoms with Gasteiger partial charge in [-0.1, -0.05) is 0 Å². The van der Waals surface area contributed by atoms with Gasteiger partial charge in [0.2, 0.25) is 0 Å². The molecule has 3 heterocycles. The first-order valence-electron chi connectivity index (χ1n) is 6.17. The van der Waals surface area contributed by atoms with Crippen molar-refractivity contribution in [1.29, 1.82) is 0 Å². The zero-order chi connectivity index (χ0) is 13.6. The molecule has 3 rings (SSSR count). The van der Waals surface area contributed by atoms with E-state index >= 15 is 0 Å². The summed E-state index contributed by atoms with van der Waals surface area (Å²) in [7, 11) is 2.02. The number of halogens is 1. The lowest BCUT2D eigenvalue weighted by Crippen LogP contribution is -2.60. The Bertz CT molecular complexity index is 524. The molecule has 1 aromatic heterocycles. The number of rotatable bonds is 0. The fraction of sp³-hybridized carbons (Fsp3) is 0.500. The van der Waals surface area contributed by atoms with Crippen LogP contribution in [-0.2, 0) is 0 Å². The van der Waals surface area contributed by atoms with Gasteiger partial charge in [-0.2, -0.15) is 0 Å². The summed E-state index contributed by atoms with van der Waals surface area (Å²) in [6.45, 7) is 2.59. The van der Waals surface area contributed by atoms with E-state index in [4.69, 9.17) is 5.11 Å². The Hall–Kier alpha value is -1.50. The lowest BCUT2D eigenvalue weighted by Gasteiger charge is -2.47. The van der Waals surface area contributed by atoms with Crippen LogP contribution >= 0.6 is 15.9 Å². The second kappa shape index (κ2) is 4.56. The summed E-state index contributed by atoms with van der Waals surface area (Å²) in [5.74, 6) is 0.951. The van der Waals surface area contributed by atoms with Crippen molar-refractivity contribution in [2.45, 2.75) is 6.04 Å². The van der Waals surface area contributed by atoms with Crippen molar-refractivity contribution in [1.82, 2.24) is 9.88 Å². The third kappa shape index (κ3) is 2.11. The minimum atomic E-state index is -0.836. The molecule has 6 nitrogen and oxygen atoms in total. The minimum absolute atomic E-state index is 0.177. The average Bonchev–Trinajstić information content (AvgIpc) is 2.38. The van der Waals surface area contributed by atoms with Crippen LogP contribution in [0.5, 0.6) is 0 Å². The van der Waals surface area contributed by atoms with E-state index < -0.39 is 6.09 Å². The van der Waals surface area contributed by atoms with Crippen molar-refractivity contribution in [3.63, 3.8) is 0 Å². The summed E-state index contributed by atoms with van der Waals surface area (Å²) in [5, 5.41) is 9.10. The van der Waals surface area contributed by atoms with Crippen LogP contribution in [0.3, 0.4) is 0 Å². The van der Waals surface area contributed by atoms with E-state index in [9.17, 15) is 4.79 Å². The van der Waals surface area contributed by atoms with Gasteiger partial charge < -0.3 is 19.8 Å². The Morgan fingerprint density at radius 2 is 2.26 bits per heavy atom. The molecule has 1 unspecified atom stereocenters. The predicted molar refractivity (Wildman–Crippen MR) is 75.9 cm³/mol. The molecule has 7 heteroatoms. The fourth-order valence-corrected chi connectivity index (χ4v) is 3.12. The first-order chi connectivity index (χ1) is 9.06. The highest BCUT2D eigenvalue weighted by atomic mass is 79.9. The summed E-state index contributed by atoms with van der Waals surface area (Å²) in [6.07, 6.45) is 0.954. The van der Waals surface area contributed by atoms with Gasteiger partial charge in [0.1, 0.15) is 0 Å². The number of anilines is 2. The minimum Gasteiger partial charge on any atom is -0.465 e. The van der Waals surface area contributed by atoms with Gasteiger partial charge in [-0.15, -0.1) is 0 Å². The van der Waals surface area contributed by atoms with E-state index in [0.29, 0.717) is 19.6 Å². The molecule has 1 N–H and O–H groups in total. The van der Waals surface area contributed by atoms with Crippen LogP contribution in [0.1, 0.15) is 0 Å². The number of pyridine rings is 1. The Balaban J connectivity index is 1.92. The first-order valence-corrected chi connectivity index (χ1v) is 6.97. The normalized spacial score (nSPS) is 22.0. The van der Waals surface area contributed by atoms with Crippen LogP contribution in [0.4, 0.5) is 16.3 Å². The number of aromatic nitrogens is 1. The maximum Gasteiger partial charge on any atom is 0.407 e. The number of likely N-dealkylation sites (N-methyl/N-ethyl adjacent to an activating group) is 1. The molecule has 1 amide bonds. The van der Waals surface area contributed by atoms with E-state index in [1.165, 1.54) is 4.90 Å².